The van der Waals surface area contributed by atoms with Gasteiger partial charge in [-0.15, -0.1) is 0 Å². The molecule has 0 unspecified atom stereocenters. The molecular formula is C46H26N4. The van der Waals surface area contributed by atoms with Crippen molar-refractivity contribution in [2.45, 2.75) is 0 Å². The maximum atomic E-state index is 5.53. The summed E-state index contributed by atoms with van der Waals surface area (Å²) in [6, 6.07) is 56.8. The number of fused-ring (bicyclic) bond motifs is 14. The molecule has 4 nitrogen and oxygen atoms in total. The van der Waals surface area contributed by atoms with E-state index in [4.69, 9.17) is 9.97 Å². The van der Waals surface area contributed by atoms with Gasteiger partial charge in [0.25, 0.3) is 0 Å². The first-order valence-corrected chi connectivity index (χ1v) is 17.1. The molecule has 0 aliphatic heterocycles. The van der Waals surface area contributed by atoms with Crippen LogP contribution in [0.4, 0.5) is 0 Å². The highest BCUT2D eigenvalue weighted by Gasteiger charge is 2.26. The van der Waals surface area contributed by atoms with Crippen molar-refractivity contribution in [1.29, 1.82) is 0 Å². The Morgan fingerprint density at radius 3 is 1.84 bits per heavy atom. The van der Waals surface area contributed by atoms with E-state index in [9.17, 15) is 0 Å². The van der Waals surface area contributed by atoms with Gasteiger partial charge in [-0.05, 0) is 52.6 Å². The normalized spacial score (nSPS) is 12.4. The lowest BCUT2D eigenvalue weighted by atomic mass is 10.0. The number of benzene rings is 8. The second-order valence-corrected chi connectivity index (χ2v) is 13.4. The third-order valence-corrected chi connectivity index (χ3v) is 10.8. The molecule has 0 fully saturated rings. The summed E-state index contributed by atoms with van der Waals surface area (Å²) in [6.07, 6.45) is 0. The van der Waals surface area contributed by atoms with Gasteiger partial charge in [-0.2, -0.15) is 0 Å². The predicted octanol–water partition coefficient (Wildman–Crippen LogP) is 11.9. The van der Waals surface area contributed by atoms with E-state index < -0.39 is 0 Å². The minimum absolute atomic E-state index is 0.672. The predicted molar refractivity (Wildman–Crippen MR) is 209 cm³/mol. The Kier molecular flexibility index (Phi) is 4.94. The van der Waals surface area contributed by atoms with Gasteiger partial charge in [0.2, 0.25) is 5.95 Å². The van der Waals surface area contributed by atoms with Crippen LogP contribution in [0.3, 0.4) is 0 Å². The van der Waals surface area contributed by atoms with Gasteiger partial charge in [0, 0.05) is 48.7 Å². The fourth-order valence-corrected chi connectivity index (χ4v) is 8.67. The lowest BCUT2D eigenvalue weighted by molar-refractivity contribution is 1.02. The molecule has 50 heavy (non-hydrogen) atoms. The SMILES string of the molecule is c1ccc(-c2nc(-n3c4cc5ccccc5cc4c4cc5c6ccccc6n6c7ccccc7c(c43)c56)nc3c2ccc2ccccc23)cc1. The molecule has 8 aromatic carbocycles. The van der Waals surface area contributed by atoms with Gasteiger partial charge in [-0.1, -0.05) is 121 Å². The summed E-state index contributed by atoms with van der Waals surface area (Å²) >= 11 is 0. The van der Waals surface area contributed by atoms with Crippen LogP contribution in [0.2, 0.25) is 0 Å². The van der Waals surface area contributed by atoms with Crippen molar-refractivity contribution < 1.29 is 0 Å². The Balaban J connectivity index is 1.36. The summed E-state index contributed by atoms with van der Waals surface area (Å²) in [5.41, 5.74) is 8.86. The quantitative estimate of drug-likeness (QED) is 0.177. The highest BCUT2D eigenvalue weighted by Crippen LogP contribution is 2.47. The molecule has 4 aromatic heterocycles. The van der Waals surface area contributed by atoms with Gasteiger partial charge in [-0.25, -0.2) is 9.97 Å². The van der Waals surface area contributed by atoms with Crippen molar-refractivity contribution >= 4 is 92.3 Å². The molecule has 0 amide bonds. The van der Waals surface area contributed by atoms with Crippen molar-refractivity contribution in [3.8, 4) is 17.2 Å². The molecule has 0 aliphatic carbocycles. The summed E-state index contributed by atoms with van der Waals surface area (Å²) in [5, 5.41) is 13.1. The van der Waals surface area contributed by atoms with Crippen molar-refractivity contribution in [1.82, 2.24) is 18.9 Å². The summed E-state index contributed by atoms with van der Waals surface area (Å²) < 4.78 is 4.81. The number of nitrogens with zero attached hydrogens (tertiary/aromatic N) is 4. The molecule has 4 heterocycles. The minimum Gasteiger partial charge on any atom is -0.308 e. The largest absolute Gasteiger partial charge is 0.308 e. The first-order valence-electron chi connectivity index (χ1n) is 17.1. The van der Waals surface area contributed by atoms with E-state index in [1.54, 1.807) is 0 Å². The van der Waals surface area contributed by atoms with Crippen LogP contribution in [-0.2, 0) is 0 Å². The molecule has 0 bridgehead atoms. The van der Waals surface area contributed by atoms with Crippen LogP contribution >= 0.6 is 0 Å². The zero-order valence-corrected chi connectivity index (χ0v) is 26.8. The standard InChI is InChI=1S/C46H26N4/c1-2-13-28(14-3-1)42-34-23-22-27-12-6-7-17-31(27)43(34)48-46(47-42)50-40-25-30-16-5-4-15-29(30)24-35(40)37-26-36-32-18-8-10-20-38(32)49-39-21-11-9-19-33(39)41(44(36)49)45(37)50/h1-26H. The Morgan fingerprint density at radius 1 is 0.380 bits per heavy atom. The van der Waals surface area contributed by atoms with Crippen molar-refractivity contribution in [2.75, 3.05) is 0 Å². The van der Waals surface area contributed by atoms with Gasteiger partial charge in [0.1, 0.15) is 0 Å². The summed E-state index contributed by atoms with van der Waals surface area (Å²) in [6.45, 7) is 0. The molecule has 0 aliphatic rings. The van der Waals surface area contributed by atoms with E-state index in [0.29, 0.717) is 5.95 Å². The van der Waals surface area contributed by atoms with E-state index in [2.05, 4.69) is 167 Å². The lowest BCUT2D eigenvalue weighted by Gasteiger charge is -2.14. The monoisotopic (exact) mass is 634 g/mol. The molecule has 0 atom stereocenters. The fourth-order valence-electron chi connectivity index (χ4n) is 8.67. The number of rotatable bonds is 2. The molecule has 0 N–H and O–H groups in total. The molecule has 0 spiro atoms. The van der Waals surface area contributed by atoms with Crippen LogP contribution < -0.4 is 0 Å². The Bertz CT molecular complexity index is 3370. The molecule has 0 radical (unpaired) electrons. The number of para-hydroxylation sites is 2. The van der Waals surface area contributed by atoms with Gasteiger partial charge in [-0.3, -0.25) is 4.57 Å². The summed E-state index contributed by atoms with van der Waals surface area (Å²) in [5.74, 6) is 0.672. The van der Waals surface area contributed by atoms with Crippen LogP contribution in [-0.4, -0.2) is 18.9 Å². The summed E-state index contributed by atoms with van der Waals surface area (Å²) in [7, 11) is 0. The average Bonchev–Trinajstić information content (AvgIpc) is 3.81. The van der Waals surface area contributed by atoms with Gasteiger partial charge in [0.05, 0.1) is 38.8 Å². The maximum absolute atomic E-state index is 5.53. The first-order chi connectivity index (χ1) is 24.8. The van der Waals surface area contributed by atoms with Crippen LogP contribution in [0.25, 0.3) is 110 Å². The Labute approximate surface area is 285 Å². The van der Waals surface area contributed by atoms with Crippen molar-refractivity contribution in [2.24, 2.45) is 0 Å². The van der Waals surface area contributed by atoms with E-state index in [0.717, 1.165) is 44.0 Å². The van der Waals surface area contributed by atoms with Crippen LogP contribution in [0.1, 0.15) is 0 Å². The smallest absolute Gasteiger partial charge is 0.235 e. The molecule has 4 heteroatoms. The Morgan fingerprint density at radius 2 is 1.02 bits per heavy atom. The number of hydrogen-bond donors (Lipinski definition) is 0. The molecule has 230 valence electrons. The molecular weight excluding hydrogens is 609 g/mol. The van der Waals surface area contributed by atoms with Crippen LogP contribution in [0.15, 0.2) is 158 Å². The average molecular weight is 635 g/mol. The number of hydrogen-bond acceptors (Lipinski definition) is 2. The highest BCUT2D eigenvalue weighted by atomic mass is 15.2. The molecule has 0 saturated carbocycles. The number of aromatic nitrogens is 4. The molecule has 12 rings (SSSR count). The second-order valence-electron chi connectivity index (χ2n) is 13.4. The van der Waals surface area contributed by atoms with Gasteiger partial charge in [0.15, 0.2) is 0 Å². The first kappa shape index (κ1) is 26.2. The lowest BCUT2D eigenvalue weighted by Crippen LogP contribution is -2.04. The molecule has 12 aromatic rings. The highest BCUT2D eigenvalue weighted by molar-refractivity contribution is 6.34. The minimum atomic E-state index is 0.672. The topological polar surface area (TPSA) is 35.1 Å². The fraction of sp³-hybridized carbons (Fsp3) is 0. The molecule has 0 saturated heterocycles. The second kappa shape index (κ2) is 9.43. The zero-order chi connectivity index (χ0) is 32.5. The van der Waals surface area contributed by atoms with E-state index >= 15 is 0 Å². The van der Waals surface area contributed by atoms with Gasteiger partial charge >= 0.3 is 0 Å². The van der Waals surface area contributed by atoms with Gasteiger partial charge < -0.3 is 4.40 Å². The van der Waals surface area contributed by atoms with E-state index in [1.165, 1.54) is 59.6 Å². The third kappa shape index (κ3) is 3.30. The maximum Gasteiger partial charge on any atom is 0.235 e. The zero-order valence-electron chi connectivity index (χ0n) is 26.8. The van der Waals surface area contributed by atoms with Crippen molar-refractivity contribution in [3.05, 3.63) is 158 Å². The van der Waals surface area contributed by atoms with Crippen LogP contribution in [0, 0.1) is 0 Å². The van der Waals surface area contributed by atoms with Crippen molar-refractivity contribution in [3.63, 3.8) is 0 Å². The Hall–Kier alpha value is -6.78. The summed E-state index contributed by atoms with van der Waals surface area (Å²) in [4.78, 5) is 11.0. The van der Waals surface area contributed by atoms with Crippen LogP contribution in [0.5, 0.6) is 0 Å². The third-order valence-electron chi connectivity index (χ3n) is 10.8. The van der Waals surface area contributed by atoms with E-state index in [-0.39, 0.29) is 0 Å². The van der Waals surface area contributed by atoms with E-state index in [1.807, 2.05) is 0 Å².